The number of hydrogen-bond donors (Lipinski definition) is 2. The molecule has 17 heavy (non-hydrogen) atoms. The van der Waals surface area contributed by atoms with E-state index >= 15 is 0 Å². The number of nitrogens with one attached hydrogen (secondary N) is 2. The second-order valence-electron chi connectivity index (χ2n) is 3.92. The highest BCUT2D eigenvalue weighted by molar-refractivity contribution is 5.98. The highest BCUT2D eigenvalue weighted by Crippen LogP contribution is 2.11. The van der Waals surface area contributed by atoms with Crippen LogP contribution in [0.1, 0.15) is 28.7 Å². The first-order chi connectivity index (χ1) is 7.97. The van der Waals surface area contributed by atoms with E-state index in [0.29, 0.717) is 17.8 Å². The van der Waals surface area contributed by atoms with Gasteiger partial charge >= 0.3 is 0 Å². The standard InChI is InChI=1S/C11H18N4O2/c1-5-12-9(16)6-15(4)11(17)10-7(2)13-14-8(10)3/h5-6H2,1-4H3,(H,12,16)(H,13,14). The van der Waals surface area contributed by atoms with E-state index in [2.05, 4.69) is 15.5 Å². The summed E-state index contributed by atoms with van der Waals surface area (Å²) in [7, 11) is 1.60. The number of aromatic amines is 1. The molecule has 94 valence electrons. The van der Waals surface area contributed by atoms with Gasteiger partial charge in [0.25, 0.3) is 5.91 Å². The van der Waals surface area contributed by atoms with Gasteiger partial charge in [-0.15, -0.1) is 0 Å². The Hall–Kier alpha value is -1.85. The zero-order valence-corrected chi connectivity index (χ0v) is 10.6. The van der Waals surface area contributed by atoms with Crippen molar-refractivity contribution in [2.75, 3.05) is 20.1 Å². The van der Waals surface area contributed by atoms with Gasteiger partial charge in [0.1, 0.15) is 0 Å². The summed E-state index contributed by atoms with van der Waals surface area (Å²) in [4.78, 5) is 24.8. The van der Waals surface area contributed by atoms with Crippen LogP contribution >= 0.6 is 0 Å². The summed E-state index contributed by atoms with van der Waals surface area (Å²) < 4.78 is 0. The van der Waals surface area contributed by atoms with Crippen molar-refractivity contribution in [2.24, 2.45) is 0 Å². The second-order valence-corrected chi connectivity index (χ2v) is 3.92. The molecule has 0 unspecified atom stereocenters. The number of likely N-dealkylation sites (N-methyl/N-ethyl adjacent to an activating group) is 2. The Morgan fingerprint density at radius 2 is 2.06 bits per heavy atom. The van der Waals surface area contributed by atoms with Crippen LogP contribution in [-0.4, -0.2) is 47.0 Å². The van der Waals surface area contributed by atoms with Crippen molar-refractivity contribution in [1.29, 1.82) is 0 Å². The first-order valence-electron chi connectivity index (χ1n) is 5.51. The lowest BCUT2D eigenvalue weighted by molar-refractivity contribution is -0.121. The molecule has 0 aromatic carbocycles. The Labute approximate surface area is 100 Å². The molecule has 0 bridgehead atoms. The zero-order chi connectivity index (χ0) is 13.0. The predicted octanol–water partition coefficient (Wildman–Crippen LogP) is 0.235. The monoisotopic (exact) mass is 238 g/mol. The van der Waals surface area contributed by atoms with E-state index < -0.39 is 0 Å². The van der Waals surface area contributed by atoms with Crippen molar-refractivity contribution in [3.8, 4) is 0 Å². The van der Waals surface area contributed by atoms with Crippen LogP contribution in [0.25, 0.3) is 0 Å². The van der Waals surface area contributed by atoms with Crippen molar-refractivity contribution >= 4 is 11.8 Å². The molecule has 2 amide bonds. The van der Waals surface area contributed by atoms with Crippen LogP contribution in [0.3, 0.4) is 0 Å². The van der Waals surface area contributed by atoms with E-state index in [0.717, 1.165) is 5.69 Å². The van der Waals surface area contributed by atoms with Crippen molar-refractivity contribution in [3.05, 3.63) is 17.0 Å². The quantitative estimate of drug-likeness (QED) is 0.788. The van der Waals surface area contributed by atoms with Crippen molar-refractivity contribution < 1.29 is 9.59 Å². The molecule has 1 heterocycles. The third-order valence-electron chi connectivity index (χ3n) is 2.44. The molecule has 0 aliphatic rings. The minimum absolute atomic E-state index is 0.0523. The molecule has 0 saturated heterocycles. The minimum atomic E-state index is -0.194. The Bertz CT molecular complexity index is 406. The van der Waals surface area contributed by atoms with Gasteiger partial charge in [0.05, 0.1) is 17.8 Å². The van der Waals surface area contributed by atoms with Crippen LogP contribution in [0.15, 0.2) is 0 Å². The van der Waals surface area contributed by atoms with Gasteiger partial charge in [-0.3, -0.25) is 14.7 Å². The van der Waals surface area contributed by atoms with E-state index in [1.165, 1.54) is 4.90 Å². The third-order valence-corrected chi connectivity index (χ3v) is 2.44. The molecule has 0 aliphatic heterocycles. The highest BCUT2D eigenvalue weighted by Gasteiger charge is 2.20. The summed E-state index contributed by atoms with van der Waals surface area (Å²) in [5.41, 5.74) is 1.90. The van der Waals surface area contributed by atoms with E-state index in [9.17, 15) is 9.59 Å². The van der Waals surface area contributed by atoms with Crippen LogP contribution in [0, 0.1) is 13.8 Å². The molecular weight excluding hydrogens is 220 g/mol. The Kier molecular flexibility index (Phi) is 4.25. The third kappa shape index (κ3) is 3.05. The maximum Gasteiger partial charge on any atom is 0.257 e. The molecule has 0 aliphatic carbocycles. The van der Waals surface area contributed by atoms with Crippen LogP contribution in [0.2, 0.25) is 0 Å². The smallest absolute Gasteiger partial charge is 0.257 e. The van der Waals surface area contributed by atoms with Gasteiger partial charge in [-0.05, 0) is 20.8 Å². The number of H-pyrrole nitrogens is 1. The largest absolute Gasteiger partial charge is 0.355 e. The predicted molar refractivity (Wildman–Crippen MR) is 63.7 cm³/mol. The number of rotatable bonds is 4. The van der Waals surface area contributed by atoms with Crippen molar-refractivity contribution in [2.45, 2.75) is 20.8 Å². The molecule has 0 radical (unpaired) electrons. The average molecular weight is 238 g/mol. The molecule has 0 spiro atoms. The molecule has 6 heteroatoms. The molecule has 6 nitrogen and oxygen atoms in total. The fraction of sp³-hybridized carbons (Fsp3) is 0.545. The molecule has 1 rings (SSSR count). The van der Waals surface area contributed by atoms with Crippen LogP contribution in [0.5, 0.6) is 0 Å². The van der Waals surface area contributed by atoms with Crippen LogP contribution < -0.4 is 5.32 Å². The zero-order valence-electron chi connectivity index (χ0n) is 10.6. The Morgan fingerprint density at radius 3 is 2.53 bits per heavy atom. The normalized spacial score (nSPS) is 10.1. The van der Waals surface area contributed by atoms with Gasteiger partial charge in [-0.1, -0.05) is 0 Å². The van der Waals surface area contributed by atoms with Gasteiger partial charge in [0.15, 0.2) is 0 Å². The van der Waals surface area contributed by atoms with E-state index in [-0.39, 0.29) is 18.4 Å². The molecule has 1 aromatic rings. The highest BCUT2D eigenvalue weighted by atomic mass is 16.2. The molecule has 1 aromatic heterocycles. The fourth-order valence-corrected chi connectivity index (χ4v) is 1.60. The minimum Gasteiger partial charge on any atom is -0.355 e. The SMILES string of the molecule is CCNC(=O)CN(C)C(=O)c1c(C)n[nH]c1C. The first kappa shape index (κ1) is 13.2. The second kappa shape index (κ2) is 5.47. The number of nitrogens with zero attached hydrogens (tertiary/aromatic N) is 2. The molecular formula is C11H18N4O2. The summed E-state index contributed by atoms with van der Waals surface area (Å²) in [6, 6.07) is 0. The maximum atomic E-state index is 12.1. The van der Waals surface area contributed by atoms with Crippen LogP contribution in [0.4, 0.5) is 0 Å². The van der Waals surface area contributed by atoms with E-state index in [1.807, 2.05) is 6.92 Å². The number of carbonyl (C=O) groups excluding carboxylic acids is 2. The number of amides is 2. The first-order valence-corrected chi connectivity index (χ1v) is 5.51. The summed E-state index contributed by atoms with van der Waals surface area (Å²) in [5, 5.41) is 9.36. The fourth-order valence-electron chi connectivity index (χ4n) is 1.60. The lowest BCUT2D eigenvalue weighted by Gasteiger charge is -2.16. The Morgan fingerprint density at radius 1 is 1.41 bits per heavy atom. The number of aromatic nitrogens is 2. The molecule has 2 N–H and O–H groups in total. The van der Waals surface area contributed by atoms with Crippen LogP contribution in [-0.2, 0) is 4.79 Å². The number of hydrogen-bond acceptors (Lipinski definition) is 3. The maximum absolute atomic E-state index is 12.1. The summed E-state index contributed by atoms with van der Waals surface area (Å²) >= 11 is 0. The van der Waals surface area contributed by atoms with E-state index in [1.54, 1.807) is 20.9 Å². The van der Waals surface area contributed by atoms with Crippen molar-refractivity contribution in [1.82, 2.24) is 20.4 Å². The van der Waals surface area contributed by atoms with Gasteiger partial charge in [0.2, 0.25) is 5.91 Å². The summed E-state index contributed by atoms with van der Waals surface area (Å²) in [5.74, 6) is -0.359. The summed E-state index contributed by atoms with van der Waals surface area (Å²) in [6.07, 6.45) is 0. The van der Waals surface area contributed by atoms with Gasteiger partial charge in [0, 0.05) is 19.3 Å². The van der Waals surface area contributed by atoms with Crippen molar-refractivity contribution in [3.63, 3.8) is 0 Å². The molecule has 0 saturated carbocycles. The van der Waals surface area contributed by atoms with Gasteiger partial charge in [-0.25, -0.2) is 0 Å². The lowest BCUT2D eigenvalue weighted by atomic mass is 10.2. The average Bonchev–Trinajstić information content (AvgIpc) is 2.58. The number of aryl methyl sites for hydroxylation is 2. The molecule has 0 atom stereocenters. The van der Waals surface area contributed by atoms with Gasteiger partial charge < -0.3 is 10.2 Å². The van der Waals surface area contributed by atoms with E-state index in [4.69, 9.17) is 0 Å². The number of carbonyl (C=O) groups is 2. The lowest BCUT2D eigenvalue weighted by Crippen LogP contribution is -2.38. The molecule has 0 fully saturated rings. The Balaban J connectivity index is 2.74. The topological polar surface area (TPSA) is 78.1 Å². The van der Waals surface area contributed by atoms with Gasteiger partial charge in [-0.2, -0.15) is 5.10 Å². The summed E-state index contributed by atoms with van der Waals surface area (Å²) in [6.45, 7) is 6.00.